The van der Waals surface area contributed by atoms with Crippen molar-refractivity contribution in [1.29, 1.82) is 0 Å². The van der Waals surface area contributed by atoms with Gasteiger partial charge >= 0.3 is 11.9 Å². The van der Waals surface area contributed by atoms with Gasteiger partial charge in [0.15, 0.2) is 5.69 Å². The molecule has 152 valence electrons. The van der Waals surface area contributed by atoms with Crippen LogP contribution in [0, 0.1) is 6.92 Å². The zero-order valence-electron chi connectivity index (χ0n) is 16.8. The van der Waals surface area contributed by atoms with Crippen LogP contribution in [0.25, 0.3) is 0 Å². The molecule has 0 radical (unpaired) electrons. The molecule has 0 unspecified atom stereocenters. The number of rotatable bonds is 4. The predicted molar refractivity (Wildman–Crippen MR) is 104 cm³/mol. The molecular formula is C21H23N3O5. The minimum Gasteiger partial charge on any atom is -0.477 e. The van der Waals surface area contributed by atoms with Crippen LogP contribution >= 0.6 is 0 Å². The molecule has 0 fully saturated rings. The Morgan fingerprint density at radius 1 is 1.17 bits per heavy atom. The first-order valence-corrected chi connectivity index (χ1v) is 9.29. The second-order valence-electron chi connectivity index (χ2n) is 7.97. The van der Waals surface area contributed by atoms with Gasteiger partial charge < -0.3 is 15.2 Å². The number of carboxylic acids is 1. The van der Waals surface area contributed by atoms with Gasteiger partial charge in [-0.25, -0.2) is 19.6 Å². The average Bonchev–Trinajstić information content (AvgIpc) is 3.04. The van der Waals surface area contributed by atoms with Crippen LogP contribution in [0.5, 0.6) is 0 Å². The number of aromatic nitrogens is 2. The van der Waals surface area contributed by atoms with E-state index in [2.05, 4.69) is 15.3 Å². The van der Waals surface area contributed by atoms with E-state index in [1.807, 2.05) is 33.8 Å². The lowest BCUT2D eigenvalue weighted by atomic mass is 9.97. The highest BCUT2D eigenvalue weighted by Crippen LogP contribution is 2.35. The molecule has 1 aliphatic rings. The number of benzene rings is 1. The van der Waals surface area contributed by atoms with Crippen LogP contribution in [0.4, 0.5) is 0 Å². The molecule has 3 rings (SSSR count). The van der Waals surface area contributed by atoms with Crippen LogP contribution in [-0.2, 0) is 11.2 Å². The second-order valence-corrected chi connectivity index (χ2v) is 7.97. The summed E-state index contributed by atoms with van der Waals surface area (Å²) in [7, 11) is 0. The minimum absolute atomic E-state index is 0.00653. The molecule has 1 aromatic carbocycles. The third kappa shape index (κ3) is 4.42. The normalized spacial score (nSPS) is 15.5. The van der Waals surface area contributed by atoms with Crippen molar-refractivity contribution in [2.45, 2.75) is 52.2 Å². The largest absolute Gasteiger partial charge is 0.477 e. The molecule has 0 bridgehead atoms. The van der Waals surface area contributed by atoms with E-state index in [9.17, 15) is 14.4 Å². The number of carbonyl (C=O) groups is 3. The van der Waals surface area contributed by atoms with Gasteiger partial charge in [-0.15, -0.1) is 0 Å². The summed E-state index contributed by atoms with van der Waals surface area (Å²) < 4.78 is 5.47. The number of aromatic carboxylic acids is 1. The zero-order chi connectivity index (χ0) is 21.3. The van der Waals surface area contributed by atoms with Gasteiger partial charge in [0.2, 0.25) is 0 Å². The fraction of sp³-hybridized carbons (Fsp3) is 0.381. The fourth-order valence-electron chi connectivity index (χ4n) is 3.42. The van der Waals surface area contributed by atoms with Crippen molar-refractivity contribution in [3.8, 4) is 0 Å². The summed E-state index contributed by atoms with van der Waals surface area (Å²) >= 11 is 0. The van der Waals surface area contributed by atoms with Crippen molar-refractivity contribution in [3.05, 3.63) is 58.2 Å². The summed E-state index contributed by atoms with van der Waals surface area (Å²) in [6.45, 7) is 7.35. The summed E-state index contributed by atoms with van der Waals surface area (Å²) in [6.07, 6.45) is 2.45. The first kappa shape index (κ1) is 20.4. The Morgan fingerprint density at radius 3 is 2.52 bits per heavy atom. The summed E-state index contributed by atoms with van der Waals surface area (Å²) in [5.41, 5.74) is 2.51. The molecule has 1 amide bonds. The topological polar surface area (TPSA) is 118 Å². The number of carboxylic acid groups (broad SMARTS) is 1. The third-order valence-corrected chi connectivity index (χ3v) is 4.74. The standard InChI is InChI=1S/C21H23N3O5/c1-11-12-7-8-15(14(12)6-5-13(11)20(28)29-21(2,3)4)24-18(25)16-9-17(19(26)27)23-10-22-16/h5-6,9-10,15H,7-8H2,1-4H3,(H,24,25)(H,26,27)/t15-/m0/s1. The molecule has 0 spiro atoms. The molecule has 1 aromatic heterocycles. The summed E-state index contributed by atoms with van der Waals surface area (Å²) in [5, 5.41) is 11.9. The van der Waals surface area contributed by atoms with E-state index in [0.717, 1.165) is 29.1 Å². The van der Waals surface area contributed by atoms with Crippen LogP contribution in [-0.4, -0.2) is 38.5 Å². The molecule has 0 saturated carbocycles. The van der Waals surface area contributed by atoms with Crippen molar-refractivity contribution in [1.82, 2.24) is 15.3 Å². The molecule has 0 aliphatic heterocycles. The van der Waals surface area contributed by atoms with E-state index in [1.54, 1.807) is 6.07 Å². The first-order valence-electron chi connectivity index (χ1n) is 9.29. The molecule has 1 atom stereocenters. The highest BCUT2D eigenvalue weighted by atomic mass is 16.6. The van der Waals surface area contributed by atoms with Crippen LogP contribution in [0.1, 0.15) is 81.3 Å². The Morgan fingerprint density at radius 2 is 1.86 bits per heavy atom. The van der Waals surface area contributed by atoms with Crippen molar-refractivity contribution >= 4 is 17.8 Å². The third-order valence-electron chi connectivity index (χ3n) is 4.74. The Hall–Kier alpha value is -3.29. The molecule has 2 N–H and O–H groups in total. The van der Waals surface area contributed by atoms with Gasteiger partial charge in [-0.3, -0.25) is 4.79 Å². The van der Waals surface area contributed by atoms with Crippen molar-refractivity contribution in [3.63, 3.8) is 0 Å². The Bertz CT molecular complexity index is 994. The van der Waals surface area contributed by atoms with Crippen LogP contribution in [0.2, 0.25) is 0 Å². The van der Waals surface area contributed by atoms with Crippen molar-refractivity contribution in [2.24, 2.45) is 0 Å². The Balaban J connectivity index is 1.80. The highest BCUT2D eigenvalue weighted by molar-refractivity contribution is 5.95. The monoisotopic (exact) mass is 397 g/mol. The quantitative estimate of drug-likeness (QED) is 0.762. The molecular weight excluding hydrogens is 374 g/mol. The van der Waals surface area contributed by atoms with E-state index in [-0.39, 0.29) is 23.4 Å². The number of ether oxygens (including phenoxy) is 1. The smallest absolute Gasteiger partial charge is 0.354 e. The number of fused-ring (bicyclic) bond motifs is 1. The minimum atomic E-state index is -1.22. The molecule has 1 aliphatic carbocycles. The highest BCUT2D eigenvalue weighted by Gasteiger charge is 2.29. The number of carbonyl (C=O) groups excluding carboxylic acids is 2. The van der Waals surface area contributed by atoms with E-state index >= 15 is 0 Å². The SMILES string of the molecule is Cc1c(C(=O)OC(C)(C)C)ccc2c1CC[C@@H]2NC(=O)c1cc(C(=O)O)ncn1. The molecule has 1 heterocycles. The molecule has 2 aromatic rings. The van der Waals surface area contributed by atoms with E-state index < -0.39 is 17.5 Å². The van der Waals surface area contributed by atoms with Gasteiger partial charge in [0.25, 0.3) is 5.91 Å². The predicted octanol–water partition coefficient (Wildman–Crippen LogP) is 2.86. The summed E-state index contributed by atoms with van der Waals surface area (Å²) in [6, 6.07) is 4.46. The lowest BCUT2D eigenvalue weighted by molar-refractivity contribution is 0.00682. The number of nitrogens with zero attached hydrogens (tertiary/aromatic N) is 2. The number of hydrogen-bond donors (Lipinski definition) is 2. The van der Waals surface area contributed by atoms with Gasteiger partial charge in [0, 0.05) is 6.07 Å². The van der Waals surface area contributed by atoms with Gasteiger partial charge in [0.1, 0.15) is 17.6 Å². The average molecular weight is 397 g/mol. The van der Waals surface area contributed by atoms with Gasteiger partial charge in [-0.2, -0.15) is 0 Å². The van der Waals surface area contributed by atoms with Crippen molar-refractivity contribution < 1.29 is 24.2 Å². The molecule has 29 heavy (non-hydrogen) atoms. The lowest BCUT2D eigenvalue weighted by Gasteiger charge is -2.21. The fourth-order valence-corrected chi connectivity index (χ4v) is 3.42. The van der Waals surface area contributed by atoms with Crippen LogP contribution in [0.15, 0.2) is 24.5 Å². The number of esters is 1. The first-order chi connectivity index (χ1) is 13.6. The van der Waals surface area contributed by atoms with E-state index in [4.69, 9.17) is 9.84 Å². The maximum absolute atomic E-state index is 12.5. The van der Waals surface area contributed by atoms with Crippen molar-refractivity contribution in [2.75, 3.05) is 0 Å². The Kier molecular flexibility index (Phi) is 5.37. The summed E-state index contributed by atoms with van der Waals surface area (Å²) in [4.78, 5) is 43.5. The zero-order valence-corrected chi connectivity index (χ0v) is 16.8. The second kappa shape index (κ2) is 7.62. The van der Waals surface area contributed by atoms with Gasteiger partial charge in [-0.1, -0.05) is 6.07 Å². The number of amides is 1. The maximum Gasteiger partial charge on any atom is 0.354 e. The molecule has 0 saturated heterocycles. The van der Waals surface area contributed by atoms with Crippen LogP contribution in [0.3, 0.4) is 0 Å². The molecule has 8 nitrogen and oxygen atoms in total. The van der Waals surface area contributed by atoms with Gasteiger partial charge in [0.05, 0.1) is 11.6 Å². The lowest BCUT2D eigenvalue weighted by Crippen LogP contribution is -2.28. The van der Waals surface area contributed by atoms with Gasteiger partial charge in [-0.05, 0) is 63.3 Å². The number of hydrogen-bond acceptors (Lipinski definition) is 6. The van der Waals surface area contributed by atoms with E-state index in [1.165, 1.54) is 0 Å². The maximum atomic E-state index is 12.5. The van der Waals surface area contributed by atoms with E-state index in [0.29, 0.717) is 18.4 Å². The Labute approximate surface area is 168 Å². The number of nitrogens with one attached hydrogen (secondary N) is 1. The molecule has 8 heteroatoms. The summed E-state index contributed by atoms with van der Waals surface area (Å²) in [5.74, 6) is -2.06. The van der Waals surface area contributed by atoms with Crippen LogP contribution < -0.4 is 5.32 Å².